The number of hydrogen-bond acceptors (Lipinski definition) is 4. The van der Waals surface area contributed by atoms with Gasteiger partial charge in [0.2, 0.25) is 0 Å². The van der Waals surface area contributed by atoms with E-state index in [1.807, 2.05) is 20.8 Å². The minimum absolute atomic E-state index is 0.119. The van der Waals surface area contributed by atoms with E-state index in [0.717, 1.165) is 13.1 Å². The average molecular weight is 230 g/mol. The van der Waals surface area contributed by atoms with Crippen LogP contribution in [0.5, 0.6) is 0 Å². The summed E-state index contributed by atoms with van der Waals surface area (Å²) in [6.07, 6.45) is 0.853. The lowest BCUT2D eigenvalue weighted by Gasteiger charge is -2.36. The fourth-order valence-corrected chi connectivity index (χ4v) is 1.70. The third-order valence-electron chi connectivity index (χ3n) is 2.59. The lowest BCUT2D eigenvalue weighted by molar-refractivity contribution is -0.0512. The zero-order valence-corrected chi connectivity index (χ0v) is 10.3. The maximum atomic E-state index is 11.6. The van der Waals surface area contributed by atoms with Gasteiger partial charge in [-0.05, 0) is 33.9 Å². The van der Waals surface area contributed by atoms with Gasteiger partial charge in [-0.15, -0.1) is 0 Å². The van der Waals surface area contributed by atoms with Crippen LogP contribution in [-0.2, 0) is 4.74 Å². The molecule has 0 aliphatic carbocycles. The van der Waals surface area contributed by atoms with Gasteiger partial charge < -0.3 is 20.5 Å². The molecule has 1 amide bonds. The van der Waals surface area contributed by atoms with Crippen molar-refractivity contribution < 1.29 is 14.6 Å². The second-order valence-electron chi connectivity index (χ2n) is 5.36. The van der Waals surface area contributed by atoms with Crippen molar-refractivity contribution in [2.24, 2.45) is 0 Å². The summed E-state index contributed by atoms with van der Waals surface area (Å²) in [6, 6.07) is 0. The molecule has 94 valence electrons. The highest BCUT2D eigenvalue weighted by atomic mass is 16.6. The molecule has 1 saturated heterocycles. The number of hydrogen-bond donors (Lipinski definition) is 3. The Bertz CT molecular complexity index is 242. The fourth-order valence-electron chi connectivity index (χ4n) is 1.70. The van der Waals surface area contributed by atoms with Crippen LogP contribution in [0.25, 0.3) is 0 Å². The van der Waals surface area contributed by atoms with Crippen molar-refractivity contribution in [2.45, 2.75) is 44.8 Å². The van der Waals surface area contributed by atoms with Gasteiger partial charge in [0.25, 0.3) is 0 Å². The first kappa shape index (κ1) is 13.3. The topological polar surface area (TPSA) is 70.6 Å². The van der Waals surface area contributed by atoms with Crippen LogP contribution in [-0.4, -0.2) is 42.0 Å². The van der Waals surface area contributed by atoms with Crippen molar-refractivity contribution in [3.8, 4) is 0 Å². The maximum Gasteiger partial charge on any atom is 0.408 e. The van der Waals surface area contributed by atoms with E-state index in [2.05, 4.69) is 10.6 Å². The Labute approximate surface area is 96.6 Å². The molecule has 1 heterocycles. The molecule has 0 aromatic heterocycles. The van der Waals surface area contributed by atoms with Crippen LogP contribution in [0.1, 0.15) is 33.6 Å². The molecule has 0 saturated carbocycles. The molecule has 0 unspecified atom stereocenters. The Balaban J connectivity index is 2.52. The number of alkyl carbamates (subject to hydrolysis) is 1. The summed E-state index contributed by atoms with van der Waals surface area (Å²) in [7, 11) is 0. The predicted octanol–water partition coefficient (Wildman–Crippen LogP) is 0.626. The Morgan fingerprint density at radius 1 is 1.44 bits per heavy atom. The van der Waals surface area contributed by atoms with Crippen LogP contribution in [0.15, 0.2) is 0 Å². The second kappa shape index (κ2) is 5.01. The maximum absolute atomic E-state index is 11.6. The molecule has 1 rings (SSSR count). The van der Waals surface area contributed by atoms with Crippen molar-refractivity contribution in [3.05, 3.63) is 0 Å². The van der Waals surface area contributed by atoms with Crippen molar-refractivity contribution in [1.82, 2.24) is 10.6 Å². The van der Waals surface area contributed by atoms with Gasteiger partial charge in [-0.25, -0.2) is 4.79 Å². The molecular formula is C11H22N2O3. The van der Waals surface area contributed by atoms with E-state index in [0.29, 0.717) is 12.8 Å². The first-order chi connectivity index (χ1) is 7.37. The lowest BCUT2D eigenvalue weighted by atomic mass is 9.93. The highest BCUT2D eigenvalue weighted by molar-refractivity contribution is 5.68. The van der Waals surface area contributed by atoms with Crippen LogP contribution >= 0.6 is 0 Å². The van der Waals surface area contributed by atoms with Gasteiger partial charge >= 0.3 is 6.09 Å². The molecule has 0 aromatic rings. The summed E-state index contributed by atoms with van der Waals surface area (Å²) in [5.41, 5.74) is -1.03. The molecule has 0 aromatic carbocycles. The van der Waals surface area contributed by atoms with Gasteiger partial charge in [-0.1, -0.05) is 0 Å². The Morgan fingerprint density at radius 3 is 2.44 bits per heavy atom. The summed E-state index contributed by atoms with van der Waals surface area (Å²) in [5.74, 6) is 0. The lowest BCUT2D eigenvalue weighted by Crippen LogP contribution is -2.51. The van der Waals surface area contributed by atoms with E-state index in [-0.39, 0.29) is 12.1 Å². The zero-order valence-electron chi connectivity index (χ0n) is 10.3. The zero-order chi connectivity index (χ0) is 12.2. The summed E-state index contributed by atoms with van der Waals surface area (Å²) in [5, 5.41) is 15.3. The number of piperidine rings is 1. The van der Waals surface area contributed by atoms with E-state index in [1.54, 1.807) is 0 Å². The quantitative estimate of drug-likeness (QED) is 0.650. The molecule has 1 fully saturated rings. The molecule has 0 bridgehead atoms. The smallest absolute Gasteiger partial charge is 0.408 e. The summed E-state index contributed by atoms with van der Waals surface area (Å²) < 4.78 is 5.36. The predicted molar refractivity (Wildman–Crippen MR) is 61.3 cm³/mol. The fraction of sp³-hybridized carbons (Fsp3) is 0.909. The Hall–Kier alpha value is -0.810. The van der Waals surface area contributed by atoms with E-state index in [4.69, 9.17) is 4.74 Å². The van der Waals surface area contributed by atoms with E-state index >= 15 is 0 Å². The SMILES string of the molecule is CC(C)(C)NC(=O)OC1(CO)CCNCC1. The molecule has 5 nitrogen and oxygen atoms in total. The summed E-state index contributed by atoms with van der Waals surface area (Å²) in [6.45, 7) is 7.09. The standard InChI is InChI=1S/C11H22N2O3/c1-10(2,3)13-9(15)16-11(8-14)4-6-12-7-5-11/h12,14H,4-8H2,1-3H3,(H,13,15). The number of carbonyl (C=O) groups excluding carboxylic acids is 1. The minimum Gasteiger partial charge on any atom is -0.440 e. The van der Waals surface area contributed by atoms with Gasteiger partial charge in [0.15, 0.2) is 0 Å². The molecular weight excluding hydrogens is 208 g/mol. The molecule has 0 spiro atoms. The number of nitrogens with one attached hydrogen (secondary N) is 2. The van der Waals surface area contributed by atoms with Crippen LogP contribution in [0.4, 0.5) is 4.79 Å². The van der Waals surface area contributed by atoms with Crippen LogP contribution in [0.2, 0.25) is 0 Å². The first-order valence-electron chi connectivity index (χ1n) is 5.70. The average Bonchev–Trinajstić information content (AvgIpc) is 2.16. The minimum atomic E-state index is -0.708. The molecule has 0 radical (unpaired) electrons. The van der Waals surface area contributed by atoms with E-state index in [9.17, 15) is 9.90 Å². The van der Waals surface area contributed by atoms with Gasteiger partial charge in [-0.2, -0.15) is 0 Å². The molecule has 16 heavy (non-hydrogen) atoms. The van der Waals surface area contributed by atoms with Crippen LogP contribution in [0, 0.1) is 0 Å². The summed E-state index contributed by atoms with van der Waals surface area (Å²) in [4.78, 5) is 11.6. The molecule has 1 aliphatic rings. The number of amides is 1. The number of ether oxygens (including phenoxy) is 1. The van der Waals surface area contributed by atoms with E-state index in [1.165, 1.54) is 0 Å². The molecule has 3 N–H and O–H groups in total. The highest BCUT2D eigenvalue weighted by Gasteiger charge is 2.36. The third kappa shape index (κ3) is 3.98. The molecule has 5 heteroatoms. The van der Waals surface area contributed by atoms with Gasteiger partial charge in [0.05, 0.1) is 6.61 Å². The Morgan fingerprint density at radius 2 is 2.00 bits per heavy atom. The second-order valence-corrected chi connectivity index (χ2v) is 5.36. The normalized spacial score (nSPS) is 20.2. The van der Waals surface area contributed by atoms with Crippen LogP contribution < -0.4 is 10.6 Å². The van der Waals surface area contributed by atoms with Crippen molar-refractivity contribution in [3.63, 3.8) is 0 Å². The van der Waals surface area contributed by atoms with Gasteiger partial charge in [0, 0.05) is 18.4 Å². The van der Waals surface area contributed by atoms with E-state index < -0.39 is 11.7 Å². The van der Waals surface area contributed by atoms with Gasteiger partial charge in [-0.3, -0.25) is 0 Å². The Kier molecular flexibility index (Phi) is 4.15. The monoisotopic (exact) mass is 230 g/mol. The highest BCUT2D eigenvalue weighted by Crippen LogP contribution is 2.22. The van der Waals surface area contributed by atoms with Crippen LogP contribution in [0.3, 0.4) is 0 Å². The number of rotatable bonds is 2. The molecule has 1 aliphatic heterocycles. The van der Waals surface area contributed by atoms with Crippen molar-refractivity contribution in [2.75, 3.05) is 19.7 Å². The number of aliphatic hydroxyl groups excluding tert-OH is 1. The van der Waals surface area contributed by atoms with Crippen molar-refractivity contribution >= 4 is 6.09 Å². The third-order valence-corrected chi connectivity index (χ3v) is 2.59. The number of carbonyl (C=O) groups is 1. The summed E-state index contributed by atoms with van der Waals surface area (Å²) >= 11 is 0. The first-order valence-corrected chi connectivity index (χ1v) is 5.70. The number of aliphatic hydroxyl groups is 1. The largest absolute Gasteiger partial charge is 0.440 e. The van der Waals surface area contributed by atoms with Gasteiger partial charge in [0.1, 0.15) is 5.60 Å². The van der Waals surface area contributed by atoms with Crippen molar-refractivity contribution in [1.29, 1.82) is 0 Å². The molecule has 0 atom stereocenters.